The third-order valence-corrected chi connectivity index (χ3v) is 3.97. The standard InChI is InChI=1S/C23H20O4/c24-21(16-17-26-20-14-8-3-9-15-20)27-23(19-12-6-2-7-13-19)22(25)18-10-4-1-5-11-18/h1-15,23H,16-17H2. The number of esters is 1. The predicted molar refractivity (Wildman–Crippen MR) is 103 cm³/mol. The van der Waals surface area contributed by atoms with Crippen LogP contribution in [0, 0.1) is 0 Å². The lowest BCUT2D eigenvalue weighted by molar-refractivity contribution is -0.147. The summed E-state index contributed by atoms with van der Waals surface area (Å²) in [5, 5.41) is 0. The van der Waals surface area contributed by atoms with Gasteiger partial charge in [-0.2, -0.15) is 0 Å². The molecule has 4 nitrogen and oxygen atoms in total. The SMILES string of the molecule is O=C(CCOc1ccccc1)OC(C(=O)c1ccccc1)c1ccccc1. The molecular weight excluding hydrogens is 340 g/mol. The number of ether oxygens (including phenoxy) is 2. The van der Waals surface area contributed by atoms with E-state index in [4.69, 9.17) is 9.47 Å². The summed E-state index contributed by atoms with van der Waals surface area (Å²) in [6, 6.07) is 27.1. The van der Waals surface area contributed by atoms with Crippen LogP contribution in [0.25, 0.3) is 0 Å². The van der Waals surface area contributed by atoms with Crippen molar-refractivity contribution in [3.05, 3.63) is 102 Å². The monoisotopic (exact) mass is 360 g/mol. The molecule has 3 aromatic carbocycles. The van der Waals surface area contributed by atoms with Gasteiger partial charge < -0.3 is 9.47 Å². The van der Waals surface area contributed by atoms with E-state index in [9.17, 15) is 9.59 Å². The van der Waals surface area contributed by atoms with Crippen molar-refractivity contribution >= 4 is 11.8 Å². The van der Waals surface area contributed by atoms with Crippen LogP contribution in [-0.4, -0.2) is 18.4 Å². The van der Waals surface area contributed by atoms with Crippen molar-refractivity contribution in [2.45, 2.75) is 12.5 Å². The van der Waals surface area contributed by atoms with Gasteiger partial charge in [0.2, 0.25) is 5.78 Å². The smallest absolute Gasteiger partial charge is 0.310 e. The summed E-state index contributed by atoms with van der Waals surface area (Å²) >= 11 is 0. The maximum atomic E-state index is 12.9. The molecular formula is C23H20O4. The summed E-state index contributed by atoms with van der Waals surface area (Å²) in [6.07, 6.45) is -0.918. The van der Waals surface area contributed by atoms with Crippen LogP contribution >= 0.6 is 0 Å². The Bertz CT molecular complexity index is 861. The van der Waals surface area contributed by atoms with E-state index < -0.39 is 12.1 Å². The second kappa shape index (κ2) is 9.34. The molecule has 0 N–H and O–H groups in total. The van der Waals surface area contributed by atoms with Gasteiger partial charge in [-0.3, -0.25) is 9.59 Å². The van der Waals surface area contributed by atoms with E-state index in [1.54, 1.807) is 36.4 Å². The van der Waals surface area contributed by atoms with Crippen molar-refractivity contribution in [3.8, 4) is 5.75 Å². The lowest BCUT2D eigenvalue weighted by Crippen LogP contribution is -2.21. The van der Waals surface area contributed by atoms with Gasteiger partial charge in [0.15, 0.2) is 6.10 Å². The van der Waals surface area contributed by atoms with Gasteiger partial charge in [0.25, 0.3) is 0 Å². The van der Waals surface area contributed by atoms with Crippen LogP contribution in [0.5, 0.6) is 5.75 Å². The highest BCUT2D eigenvalue weighted by Crippen LogP contribution is 2.23. The molecule has 0 saturated carbocycles. The molecule has 27 heavy (non-hydrogen) atoms. The fourth-order valence-corrected chi connectivity index (χ4v) is 2.61. The lowest BCUT2D eigenvalue weighted by atomic mass is 10.00. The number of hydrogen-bond acceptors (Lipinski definition) is 4. The Morgan fingerprint density at radius 2 is 1.30 bits per heavy atom. The van der Waals surface area contributed by atoms with E-state index in [0.717, 1.165) is 0 Å². The topological polar surface area (TPSA) is 52.6 Å². The molecule has 0 saturated heterocycles. The van der Waals surface area contributed by atoms with Gasteiger partial charge in [-0.15, -0.1) is 0 Å². The van der Waals surface area contributed by atoms with Crippen molar-refractivity contribution in [1.29, 1.82) is 0 Å². The Hall–Kier alpha value is -3.40. The van der Waals surface area contributed by atoms with Crippen LogP contribution in [0.4, 0.5) is 0 Å². The van der Waals surface area contributed by atoms with E-state index in [2.05, 4.69) is 0 Å². The zero-order valence-electron chi connectivity index (χ0n) is 14.8. The number of carbonyl (C=O) groups excluding carboxylic acids is 2. The minimum atomic E-state index is -0.974. The Labute approximate surface area is 158 Å². The number of benzene rings is 3. The molecule has 0 amide bonds. The second-order valence-electron chi connectivity index (χ2n) is 5.92. The molecule has 0 heterocycles. The number of carbonyl (C=O) groups is 2. The first-order valence-electron chi connectivity index (χ1n) is 8.75. The zero-order chi connectivity index (χ0) is 18.9. The fourth-order valence-electron chi connectivity index (χ4n) is 2.61. The van der Waals surface area contributed by atoms with E-state index in [1.807, 2.05) is 54.6 Å². The van der Waals surface area contributed by atoms with Gasteiger partial charge in [-0.05, 0) is 12.1 Å². The van der Waals surface area contributed by atoms with Crippen LogP contribution in [-0.2, 0) is 9.53 Å². The maximum absolute atomic E-state index is 12.9. The molecule has 0 radical (unpaired) electrons. The molecule has 0 aliphatic heterocycles. The lowest BCUT2D eigenvalue weighted by Gasteiger charge is -2.17. The molecule has 0 aliphatic rings. The van der Waals surface area contributed by atoms with Gasteiger partial charge >= 0.3 is 5.97 Å². The molecule has 0 fully saturated rings. The summed E-state index contributed by atoms with van der Waals surface area (Å²) in [6.45, 7) is 0.184. The van der Waals surface area contributed by atoms with E-state index in [1.165, 1.54) is 0 Å². The maximum Gasteiger partial charge on any atom is 0.310 e. The number of ketones is 1. The summed E-state index contributed by atoms with van der Waals surface area (Å²) in [7, 11) is 0. The van der Waals surface area contributed by atoms with Crippen LogP contribution in [0.3, 0.4) is 0 Å². The summed E-state index contributed by atoms with van der Waals surface area (Å²) in [4.78, 5) is 25.2. The first kappa shape index (κ1) is 18.4. The molecule has 136 valence electrons. The summed E-state index contributed by atoms with van der Waals surface area (Å²) in [5.41, 5.74) is 1.14. The van der Waals surface area contributed by atoms with Gasteiger partial charge in [-0.25, -0.2) is 0 Å². The molecule has 0 spiro atoms. The average Bonchev–Trinajstić information content (AvgIpc) is 2.73. The van der Waals surface area contributed by atoms with Crippen molar-refractivity contribution in [3.63, 3.8) is 0 Å². The summed E-state index contributed by atoms with van der Waals surface area (Å²) < 4.78 is 11.0. The highest BCUT2D eigenvalue weighted by molar-refractivity contribution is 6.00. The number of Topliss-reactive ketones (excluding diaryl/α,β-unsaturated/α-hetero) is 1. The third-order valence-electron chi connectivity index (χ3n) is 3.97. The van der Waals surface area contributed by atoms with Crippen molar-refractivity contribution < 1.29 is 19.1 Å². The van der Waals surface area contributed by atoms with Crippen molar-refractivity contribution in [1.82, 2.24) is 0 Å². The number of hydrogen-bond donors (Lipinski definition) is 0. The molecule has 1 atom stereocenters. The van der Waals surface area contributed by atoms with Gasteiger partial charge in [0, 0.05) is 11.1 Å². The molecule has 1 unspecified atom stereocenters. The van der Waals surface area contributed by atoms with E-state index in [0.29, 0.717) is 16.9 Å². The molecule has 4 heteroatoms. The molecule has 3 rings (SSSR count). The van der Waals surface area contributed by atoms with Gasteiger partial charge in [0.1, 0.15) is 5.75 Å². The van der Waals surface area contributed by atoms with Crippen LogP contribution < -0.4 is 4.74 Å². The largest absolute Gasteiger partial charge is 0.493 e. The van der Waals surface area contributed by atoms with Crippen LogP contribution in [0.2, 0.25) is 0 Å². The second-order valence-corrected chi connectivity index (χ2v) is 5.92. The Balaban J connectivity index is 1.66. The Morgan fingerprint density at radius 1 is 0.741 bits per heavy atom. The molecule has 0 bridgehead atoms. The number of para-hydroxylation sites is 1. The van der Waals surface area contributed by atoms with Crippen LogP contribution in [0.15, 0.2) is 91.0 Å². The predicted octanol–water partition coefficient (Wildman–Crippen LogP) is 4.62. The van der Waals surface area contributed by atoms with Crippen molar-refractivity contribution in [2.75, 3.05) is 6.61 Å². The summed E-state index contributed by atoms with van der Waals surface area (Å²) in [5.74, 6) is -0.0477. The van der Waals surface area contributed by atoms with Gasteiger partial charge in [0.05, 0.1) is 13.0 Å². The molecule has 0 aliphatic carbocycles. The molecule has 0 aromatic heterocycles. The van der Waals surface area contributed by atoms with E-state index >= 15 is 0 Å². The minimum Gasteiger partial charge on any atom is -0.493 e. The first-order chi connectivity index (χ1) is 13.2. The highest BCUT2D eigenvalue weighted by atomic mass is 16.5. The number of rotatable bonds is 8. The normalized spacial score (nSPS) is 11.4. The first-order valence-corrected chi connectivity index (χ1v) is 8.75. The van der Waals surface area contributed by atoms with Crippen molar-refractivity contribution in [2.24, 2.45) is 0 Å². The Morgan fingerprint density at radius 3 is 1.93 bits per heavy atom. The average molecular weight is 360 g/mol. The zero-order valence-corrected chi connectivity index (χ0v) is 14.8. The quantitative estimate of drug-likeness (QED) is 0.434. The van der Waals surface area contributed by atoms with E-state index in [-0.39, 0.29) is 18.8 Å². The van der Waals surface area contributed by atoms with Gasteiger partial charge in [-0.1, -0.05) is 78.9 Å². The fraction of sp³-hybridized carbons (Fsp3) is 0.130. The molecule has 3 aromatic rings. The minimum absolute atomic E-state index is 0.0559. The van der Waals surface area contributed by atoms with Crippen LogP contribution in [0.1, 0.15) is 28.4 Å². The Kier molecular flexibility index (Phi) is 6.36. The third kappa shape index (κ3) is 5.28. The highest BCUT2D eigenvalue weighted by Gasteiger charge is 2.25.